The van der Waals surface area contributed by atoms with Crippen LogP contribution < -0.4 is 10.1 Å². The van der Waals surface area contributed by atoms with E-state index in [9.17, 15) is 4.79 Å². The fraction of sp³-hybridized carbons (Fsp3) is 0.462. The first kappa shape index (κ1) is 11.0. The minimum Gasteiger partial charge on any atom is -0.494 e. The molecule has 0 unspecified atom stereocenters. The minimum atomic E-state index is 0.117. The van der Waals surface area contributed by atoms with Crippen LogP contribution in [0.3, 0.4) is 0 Å². The van der Waals surface area contributed by atoms with Crippen LogP contribution in [0.25, 0.3) is 0 Å². The van der Waals surface area contributed by atoms with Crippen molar-refractivity contribution < 1.29 is 9.53 Å². The summed E-state index contributed by atoms with van der Waals surface area (Å²) in [5.74, 6) is 0.973. The summed E-state index contributed by atoms with van der Waals surface area (Å²) in [6, 6.07) is 8.14. The lowest BCUT2D eigenvalue weighted by Crippen LogP contribution is -2.26. The molecule has 0 heterocycles. The van der Waals surface area contributed by atoms with Gasteiger partial charge in [-0.25, -0.2) is 0 Å². The van der Waals surface area contributed by atoms with Crippen molar-refractivity contribution in [3.05, 3.63) is 29.8 Å². The van der Waals surface area contributed by atoms with E-state index in [-0.39, 0.29) is 5.91 Å². The zero-order valence-corrected chi connectivity index (χ0v) is 9.53. The molecule has 0 saturated heterocycles. The summed E-state index contributed by atoms with van der Waals surface area (Å²) >= 11 is 0. The van der Waals surface area contributed by atoms with Crippen LogP contribution in [0.1, 0.15) is 25.3 Å². The fourth-order valence-corrected chi connectivity index (χ4v) is 1.56. The third-order valence-electron chi connectivity index (χ3n) is 2.54. The van der Waals surface area contributed by atoms with Crippen LogP contribution in [-0.2, 0) is 11.2 Å². The van der Waals surface area contributed by atoms with Gasteiger partial charge in [0.05, 0.1) is 13.0 Å². The van der Waals surface area contributed by atoms with E-state index in [2.05, 4.69) is 5.32 Å². The summed E-state index contributed by atoms with van der Waals surface area (Å²) in [7, 11) is 0. The van der Waals surface area contributed by atoms with Crippen molar-refractivity contribution in [3.63, 3.8) is 0 Å². The SMILES string of the molecule is CCOc1ccc(CC(=O)NC2CC2)cc1. The van der Waals surface area contributed by atoms with Crippen LogP contribution >= 0.6 is 0 Å². The number of ether oxygens (including phenoxy) is 1. The summed E-state index contributed by atoms with van der Waals surface area (Å²) in [6.07, 6.45) is 2.73. The molecule has 1 aliphatic rings. The Morgan fingerprint density at radius 2 is 2.06 bits per heavy atom. The highest BCUT2D eigenvalue weighted by atomic mass is 16.5. The molecule has 1 fully saturated rings. The summed E-state index contributed by atoms with van der Waals surface area (Å²) < 4.78 is 5.34. The first-order valence-corrected chi connectivity index (χ1v) is 5.79. The molecule has 1 aromatic carbocycles. The van der Waals surface area contributed by atoms with E-state index in [1.165, 1.54) is 0 Å². The molecule has 1 aliphatic carbocycles. The molecule has 0 atom stereocenters. The standard InChI is InChI=1S/C13H17NO2/c1-2-16-12-7-3-10(4-8-12)9-13(15)14-11-5-6-11/h3-4,7-8,11H,2,5-6,9H2,1H3,(H,14,15). The maximum Gasteiger partial charge on any atom is 0.224 e. The Kier molecular flexibility index (Phi) is 3.44. The quantitative estimate of drug-likeness (QED) is 0.821. The molecule has 1 amide bonds. The molecule has 0 aliphatic heterocycles. The Morgan fingerprint density at radius 1 is 1.38 bits per heavy atom. The Balaban J connectivity index is 1.85. The predicted octanol–water partition coefficient (Wildman–Crippen LogP) is 1.91. The van der Waals surface area contributed by atoms with Crippen LogP contribution in [0.2, 0.25) is 0 Å². The highest BCUT2D eigenvalue weighted by Gasteiger charge is 2.22. The average molecular weight is 219 g/mol. The molecule has 0 spiro atoms. The molecule has 2 rings (SSSR count). The van der Waals surface area contributed by atoms with Gasteiger partial charge < -0.3 is 10.1 Å². The monoisotopic (exact) mass is 219 g/mol. The molecule has 16 heavy (non-hydrogen) atoms. The van der Waals surface area contributed by atoms with Crippen LogP contribution in [0.5, 0.6) is 5.75 Å². The van der Waals surface area contributed by atoms with Gasteiger partial charge in [0, 0.05) is 6.04 Å². The second-order valence-electron chi connectivity index (χ2n) is 4.10. The summed E-state index contributed by atoms with van der Waals surface area (Å²) in [5, 5.41) is 2.97. The molecule has 0 radical (unpaired) electrons. The molecule has 1 N–H and O–H groups in total. The number of amides is 1. The molecule has 0 aromatic heterocycles. The number of hydrogen-bond acceptors (Lipinski definition) is 2. The van der Waals surface area contributed by atoms with Gasteiger partial charge in [-0.3, -0.25) is 4.79 Å². The van der Waals surface area contributed by atoms with E-state index in [0.29, 0.717) is 19.1 Å². The van der Waals surface area contributed by atoms with Crippen molar-refractivity contribution in [1.82, 2.24) is 5.32 Å². The molecular formula is C13H17NO2. The van der Waals surface area contributed by atoms with E-state index in [4.69, 9.17) is 4.74 Å². The maximum atomic E-state index is 11.5. The lowest BCUT2D eigenvalue weighted by molar-refractivity contribution is -0.120. The number of carbonyl (C=O) groups excluding carboxylic acids is 1. The van der Waals surface area contributed by atoms with E-state index < -0.39 is 0 Å². The summed E-state index contributed by atoms with van der Waals surface area (Å²) in [4.78, 5) is 11.5. The van der Waals surface area contributed by atoms with Gasteiger partial charge in [0.2, 0.25) is 5.91 Å². The first-order chi connectivity index (χ1) is 7.78. The van der Waals surface area contributed by atoms with Gasteiger partial charge in [-0.15, -0.1) is 0 Å². The zero-order chi connectivity index (χ0) is 11.4. The lowest BCUT2D eigenvalue weighted by atomic mass is 10.1. The maximum absolute atomic E-state index is 11.5. The van der Waals surface area contributed by atoms with Crippen molar-refractivity contribution in [2.75, 3.05) is 6.61 Å². The molecule has 86 valence electrons. The number of benzene rings is 1. The Hall–Kier alpha value is -1.51. The van der Waals surface area contributed by atoms with E-state index in [1.807, 2.05) is 31.2 Å². The topological polar surface area (TPSA) is 38.3 Å². The summed E-state index contributed by atoms with van der Waals surface area (Å²) in [5.41, 5.74) is 1.03. The largest absolute Gasteiger partial charge is 0.494 e. The first-order valence-electron chi connectivity index (χ1n) is 5.79. The molecule has 3 nitrogen and oxygen atoms in total. The highest BCUT2D eigenvalue weighted by Crippen LogP contribution is 2.19. The minimum absolute atomic E-state index is 0.117. The highest BCUT2D eigenvalue weighted by molar-refractivity contribution is 5.79. The van der Waals surface area contributed by atoms with Crippen LogP contribution in [-0.4, -0.2) is 18.6 Å². The van der Waals surface area contributed by atoms with Gasteiger partial charge in [0.1, 0.15) is 5.75 Å². The van der Waals surface area contributed by atoms with Crippen LogP contribution in [0.15, 0.2) is 24.3 Å². The van der Waals surface area contributed by atoms with Gasteiger partial charge in [-0.2, -0.15) is 0 Å². The molecular weight excluding hydrogens is 202 g/mol. The van der Waals surface area contributed by atoms with E-state index in [1.54, 1.807) is 0 Å². The zero-order valence-electron chi connectivity index (χ0n) is 9.53. The Labute approximate surface area is 95.8 Å². The van der Waals surface area contributed by atoms with Crippen molar-refractivity contribution in [3.8, 4) is 5.75 Å². The van der Waals surface area contributed by atoms with Gasteiger partial charge >= 0.3 is 0 Å². The second kappa shape index (κ2) is 5.01. The third kappa shape index (κ3) is 3.26. The van der Waals surface area contributed by atoms with Gasteiger partial charge in [-0.05, 0) is 37.5 Å². The van der Waals surface area contributed by atoms with Crippen molar-refractivity contribution in [2.45, 2.75) is 32.2 Å². The Bertz CT molecular complexity index is 355. The van der Waals surface area contributed by atoms with Crippen molar-refractivity contribution in [1.29, 1.82) is 0 Å². The van der Waals surface area contributed by atoms with Crippen molar-refractivity contribution in [2.24, 2.45) is 0 Å². The van der Waals surface area contributed by atoms with Crippen molar-refractivity contribution >= 4 is 5.91 Å². The van der Waals surface area contributed by atoms with Gasteiger partial charge in [0.25, 0.3) is 0 Å². The molecule has 1 aromatic rings. The summed E-state index contributed by atoms with van der Waals surface area (Å²) in [6.45, 7) is 2.62. The van der Waals surface area contributed by atoms with Gasteiger partial charge in [0.15, 0.2) is 0 Å². The number of carbonyl (C=O) groups is 1. The third-order valence-corrected chi connectivity index (χ3v) is 2.54. The van der Waals surface area contributed by atoms with Gasteiger partial charge in [-0.1, -0.05) is 12.1 Å². The smallest absolute Gasteiger partial charge is 0.224 e. The number of rotatable bonds is 5. The van der Waals surface area contributed by atoms with Crippen LogP contribution in [0.4, 0.5) is 0 Å². The molecule has 0 bridgehead atoms. The Morgan fingerprint density at radius 3 is 2.62 bits per heavy atom. The fourth-order valence-electron chi connectivity index (χ4n) is 1.56. The van der Waals surface area contributed by atoms with E-state index in [0.717, 1.165) is 24.2 Å². The second-order valence-corrected chi connectivity index (χ2v) is 4.10. The number of hydrogen-bond donors (Lipinski definition) is 1. The normalized spacial score (nSPS) is 14.6. The predicted molar refractivity (Wildman–Crippen MR) is 62.5 cm³/mol. The lowest BCUT2D eigenvalue weighted by Gasteiger charge is -2.05. The number of nitrogens with one attached hydrogen (secondary N) is 1. The molecule has 3 heteroatoms. The molecule has 1 saturated carbocycles. The van der Waals surface area contributed by atoms with Crippen LogP contribution in [0, 0.1) is 0 Å². The van der Waals surface area contributed by atoms with E-state index >= 15 is 0 Å². The average Bonchev–Trinajstić information content (AvgIpc) is 3.05.